The van der Waals surface area contributed by atoms with E-state index in [0.29, 0.717) is 12.2 Å². The molecule has 4 heterocycles. The molecular weight excluding hydrogens is 306 g/mol. The summed E-state index contributed by atoms with van der Waals surface area (Å²) in [5.41, 5.74) is 2.53. The van der Waals surface area contributed by atoms with E-state index >= 15 is 0 Å². The van der Waals surface area contributed by atoms with Gasteiger partial charge in [0, 0.05) is 30.3 Å². The maximum Gasteiger partial charge on any atom is 0.345 e. The predicted molar refractivity (Wildman–Crippen MR) is 87.8 cm³/mol. The standard InChI is InChI=1S/C17H17N5O2/c1-11-4-2-6-15-19-13(10-22(11)15)16(23)21-9-3-5-14(21)12-7-8-18-17(24)20-12/h2,4,6-8,10,14H,3,5,9H2,1H3,(H,18,20,24)/t14-/m1/s1. The van der Waals surface area contributed by atoms with E-state index in [-0.39, 0.29) is 11.9 Å². The minimum atomic E-state index is -0.393. The number of carbonyl (C=O) groups excluding carboxylic acids is 1. The Balaban J connectivity index is 1.69. The summed E-state index contributed by atoms with van der Waals surface area (Å²) in [5, 5.41) is 0. The maximum atomic E-state index is 12.9. The van der Waals surface area contributed by atoms with E-state index < -0.39 is 5.69 Å². The molecule has 4 rings (SSSR count). The van der Waals surface area contributed by atoms with Gasteiger partial charge in [-0.25, -0.2) is 14.8 Å². The molecular formula is C17H17N5O2. The number of likely N-dealkylation sites (tertiary alicyclic amines) is 1. The number of nitrogens with zero attached hydrogens (tertiary/aromatic N) is 4. The number of carbonyl (C=O) groups is 1. The number of hydrogen-bond acceptors (Lipinski definition) is 4. The lowest BCUT2D eigenvalue weighted by molar-refractivity contribution is 0.0727. The average Bonchev–Trinajstić information content (AvgIpc) is 3.22. The molecule has 1 aliphatic rings. The van der Waals surface area contributed by atoms with Crippen molar-refractivity contribution >= 4 is 11.6 Å². The summed E-state index contributed by atoms with van der Waals surface area (Å²) in [6.45, 7) is 2.63. The first-order chi connectivity index (χ1) is 11.6. The second kappa shape index (κ2) is 5.59. The van der Waals surface area contributed by atoms with Crippen molar-refractivity contribution in [1.82, 2.24) is 24.3 Å². The Morgan fingerprint density at radius 2 is 2.21 bits per heavy atom. The third-order valence-electron chi connectivity index (χ3n) is 4.48. The van der Waals surface area contributed by atoms with Crippen molar-refractivity contribution < 1.29 is 4.79 Å². The van der Waals surface area contributed by atoms with Gasteiger partial charge in [-0.2, -0.15) is 0 Å². The lowest BCUT2D eigenvalue weighted by Crippen LogP contribution is -2.32. The average molecular weight is 323 g/mol. The first kappa shape index (κ1) is 14.6. The van der Waals surface area contributed by atoms with Crippen LogP contribution in [0, 0.1) is 6.92 Å². The van der Waals surface area contributed by atoms with E-state index in [1.807, 2.05) is 29.5 Å². The van der Waals surface area contributed by atoms with Gasteiger partial charge < -0.3 is 14.3 Å². The van der Waals surface area contributed by atoms with Crippen molar-refractivity contribution in [3.05, 3.63) is 64.2 Å². The molecule has 1 saturated heterocycles. The SMILES string of the molecule is Cc1cccc2nc(C(=O)N3CCC[C@@H]3c3ccnc(=O)[nH]3)cn12. The Morgan fingerprint density at radius 3 is 3.00 bits per heavy atom. The van der Waals surface area contributed by atoms with Crippen LogP contribution in [0.5, 0.6) is 0 Å². The lowest BCUT2D eigenvalue weighted by atomic mass is 10.1. The first-order valence-corrected chi connectivity index (χ1v) is 7.94. The minimum absolute atomic E-state index is 0.113. The van der Waals surface area contributed by atoms with E-state index in [2.05, 4.69) is 15.0 Å². The number of imidazole rings is 1. The monoisotopic (exact) mass is 323 g/mol. The third kappa shape index (κ3) is 2.38. The molecule has 122 valence electrons. The first-order valence-electron chi connectivity index (χ1n) is 7.94. The van der Waals surface area contributed by atoms with Gasteiger partial charge >= 0.3 is 5.69 Å². The zero-order valence-corrected chi connectivity index (χ0v) is 13.3. The van der Waals surface area contributed by atoms with Gasteiger partial charge in [0.25, 0.3) is 5.91 Å². The fourth-order valence-electron chi connectivity index (χ4n) is 3.31. The van der Waals surface area contributed by atoms with Crippen molar-refractivity contribution in [1.29, 1.82) is 0 Å². The second-order valence-electron chi connectivity index (χ2n) is 6.01. The fourth-order valence-corrected chi connectivity index (χ4v) is 3.31. The smallest absolute Gasteiger partial charge is 0.329 e. The molecule has 0 aliphatic carbocycles. The van der Waals surface area contributed by atoms with Crippen LogP contribution in [0.4, 0.5) is 0 Å². The molecule has 1 N–H and O–H groups in total. The zero-order chi connectivity index (χ0) is 16.7. The highest BCUT2D eigenvalue weighted by molar-refractivity contribution is 5.93. The molecule has 0 unspecified atom stereocenters. The number of aromatic nitrogens is 4. The van der Waals surface area contributed by atoms with Gasteiger partial charge in [-0.15, -0.1) is 0 Å². The van der Waals surface area contributed by atoms with Crippen LogP contribution in [-0.4, -0.2) is 36.7 Å². The number of rotatable bonds is 2. The van der Waals surface area contributed by atoms with Crippen LogP contribution in [0.15, 0.2) is 41.5 Å². The molecule has 0 bridgehead atoms. The van der Waals surface area contributed by atoms with E-state index in [1.54, 1.807) is 17.2 Å². The quantitative estimate of drug-likeness (QED) is 0.778. The number of fused-ring (bicyclic) bond motifs is 1. The van der Waals surface area contributed by atoms with Gasteiger partial charge in [0.2, 0.25) is 0 Å². The molecule has 0 saturated carbocycles. The molecule has 0 spiro atoms. The van der Waals surface area contributed by atoms with Crippen LogP contribution in [-0.2, 0) is 0 Å². The molecule has 1 aliphatic heterocycles. The highest BCUT2D eigenvalue weighted by Crippen LogP contribution is 2.31. The summed E-state index contributed by atoms with van der Waals surface area (Å²) in [4.78, 5) is 37.0. The van der Waals surface area contributed by atoms with Crippen LogP contribution in [0.1, 0.15) is 40.8 Å². The molecule has 7 heteroatoms. The van der Waals surface area contributed by atoms with E-state index in [9.17, 15) is 9.59 Å². The largest absolute Gasteiger partial charge is 0.345 e. The molecule has 1 atom stereocenters. The van der Waals surface area contributed by atoms with Gasteiger partial charge in [-0.1, -0.05) is 6.07 Å². The Bertz CT molecular complexity index is 974. The van der Waals surface area contributed by atoms with Crippen LogP contribution >= 0.6 is 0 Å². The van der Waals surface area contributed by atoms with Crippen molar-refractivity contribution in [3.63, 3.8) is 0 Å². The Morgan fingerprint density at radius 1 is 1.33 bits per heavy atom. The highest BCUT2D eigenvalue weighted by Gasteiger charge is 2.32. The normalized spacial score (nSPS) is 17.5. The van der Waals surface area contributed by atoms with Gasteiger partial charge in [-0.05, 0) is 38.0 Å². The maximum absolute atomic E-state index is 12.9. The number of H-pyrrole nitrogens is 1. The molecule has 24 heavy (non-hydrogen) atoms. The van der Waals surface area contributed by atoms with Crippen LogP contribution in [0.25, 0.3) is 5.65 Å². The van der Waals surface area contributed by atoms with Crippen LogP contribution in [0.3, 0.4) is 0 Å². The molecule has 0 aromatic carbocycles. The number of aryl methyl sites for hydroxylation is 1. The number of nitrogens with one attached hydrogen (secondary N) is 1. The van der Waals surface area contributed by atoms with Crippen molar-refractivity contribution in [3.8, 4) is 0 Å². The fraction of sp³-hybridized carbons (Fsp3) is 0.294. The summed E-state index contributed by atoms with van der Waals surface area (Å²) in [7, 11) is 0. The predicted octanol–water partition coefficient (Wildman–Crippen LogP) is 1.70. The van der Waals surface area contributed by atoms with E-state index in [4.69, 9.17) is 0 Å². The van der Waals surface area contributed by atoms with Gasteiger partial charge in [0.1, 0.15) is 11.3 Å². The summed E-state index contributed by atoms with van der Waals surface area (Å²) >= 11 is 0. The summed E-state index contributed by atoms with van der Waals surface area (Å²) in [5.74, 6) is -0.113. The van der Waals surface area contributed by atoms with Crippen LogP contribution in [0.2, 0.25) is 0 Å². The minimum Gasteiger partial charge on any atom is -0.329 e. The second-order valence-corrected chi connectivity index (χ2v) is 6.01. The molecule has 3 aromatic heterocycles. The summed E-state index contributed by atoms with van der Waals surface area (Å²) in [6, 6.07) is 7.39. The van der Waals surface area contributed by atoms with Gasteiger partial charge in [-0.3, -0.25) is 4.79 Å². The Hall–Kier alpha value is -2.96. The Kier molecular flexibility index (Phi) is 3.41. The van der Waals surface area contributed by atoms with E-state index in [0.717, 1.165) is 29.9 Å². The molecule has 1 amide bonds. The van der Waals surface area contributed by atoms with Gasteiger partial charge in [0.15, 0.2) is 0 Å². The zero-order valence-electron chi connectivity index (χ0n) is 13.3. The lowest BCUT2D eigenvalue weighted by Gasteiger charge is -2.23. The number of pyridine rings is 1. The Labute approximate surface area is 138 Å². The highest BCUT2D eigenvalue weighted by atomic mass is 16.2. The van der Waals surface area contributed by atoms with Crippen LogP contribution < -0.4 is 5.69 Å². The van der Waals surface area contributed by atoms with Crippen molar-refractivity contribution in [2.75, 3.05) is 6.54 Å². The summed E-state index contributed by atoms with van der Waals surface area (Å²) in [6.07, 6.45) is 4.96. The number of amides is 1. The van der Waals surface area contributed by atoms with Gasteiger partial charge in [0.05, 0.1) is 6.04 Å². The van der Waals surface area contributed by atoms with Crippen molar-refractivity contribution in [2.24, 2.45) is 0 Å². The molecule has 0 radical (unpaired) electrons. The third-order valence-corrected chi connectivity index (χ3v) is 4.48. The molecule has 1 fully saturated rings. The number of aromatic amines is 1. The van der Waals surface area contributed by atoms with Crippen molar-refractivity contribution in [2.45, 2.75) is 25.8 Å². The molecule has 3 aromatic rings. The molecule has 7 nitrogen and oxygen atoms in total. The number of hydrogen-bond donors (Lipinski definition) is 1. The summed E-state index contributed by atoms with van der Waals surface area (Å²) < 4.78 is 1.91. The topological polar surface area (TPSA) is 83.4 Å². The van der Waals surface area contributed by atoms with E-state index in [1.165, 1.54) is 6.20 Å².